The average molecular weight is 356 g/mol. The second kappa shape index (κ2) is 9.91. The monoisotopic (exact) mass is 356 g/mol. The second-order valence-electron chi connectivity index (χ2n) is 6.69. The van der Waals surface area contributed by atoms with Gasteiger partial charge in [-0.15, -0.1) is 0 Å². The zero-order valence-electron chi connectivity index (χ0n) is 15.6. The first kappa shape index (κ1) is 19.9. The minimum Gasteiger partial charge on any atom is -0.462 e. The number of fused-ring (bicyclic) bond motifs is 1. The van der Waals surface area contributed by atoms with Gasteiger partial charge in [0, 0.05) is 5.39 Å². The van der Waals surface area contributed by atoms with E-state index in [-0.39, 0.29) is 0 Å². The normalized spacial score (nSPS) is 11.8. The number of hydrogen-bond donors (Lipinski definition) is 0. The van der Waals surface area contributed by atoms with Crippen molar-refractivity contribution in [1.29, 1.82) is 0 Å². The van der Waals surface area contributed by atoms with Crippen molar-refractivity contribution < 1.29 is 13.5 Å². The van der Waals surface area contributed by atoms with Crippen LogP contribution in [0.15, 0.2) is 66.7 Å². The molecule has 0 aliphatic carbocycles. The molecule has 0 spiro atoms. The SMILES string of the molecule is CC(C)Cc1ccc(C(C)F)cc1.FCOc1cccc2ccccc12. The maximum atomic E-state index is 12.8. The number of hydrogen-bond acceptors (Lipinski definition) is 1. The van der Waals surface area contributed by atoms with Gasteiger partial charge in [-0.1, -0.05) is 74.5 Å². The Morgan fingerprint density at radius 1 is 0.846 bits per heavy atom. The highest BCUT2D eigenvalue weighted by atomic mass is 19.1. The van der Waals surface area contributed by atoms with Crippen LogP contribution in [0.4, 0.5) is 8.78 Å². The Morgan fingerprint density at radius 3 is 2.12 bits per heavy atom. The smallest absolute Gasteiger partial charge is 0.228 e. The van der Waals surface area contributed by atoms with Gasteiger partial charge in [0.15, 0.2) is 0 Å². The van der Waals surface area contributed by atoms with Gasteiger partial charge in [0.25, 0.3) is 0 Å². The third-order valence-corrected chi connectivity index (χ3v) is 4.04. The van der Waals surface area contributed by atoms with E-state index in [1.165, 1.54) is 5.56 Å². The summed E-state index contributed by atoms with van der Waals surface area (Å²) in [5.74, 6) is 1.26. The molecule has 0 saturated heterocycles. The molecule has 1 nitrogen and oxygen atoms in total. The molecule has 0 aromatic heterocycles. The van der Waals surface area contributed by atoms with Crippen molar-refractivity contribution in [3.8, 4) is 5.75 Å². The molecule has 3 heteroatoms. The van der Waals surface area contributed by atoms with Gasteiger partial charge in [0.2, 0.25) is 6.86 Å². The van der Waals surface area contributed by atoms with E-state index < -0.39 is 13.0 Å². The molecule has 0 bridgehead atoms. The van der Waals surface area contributed by atoms with E-state index in [2.05, 4.69) is 13.8 Å². The molecule has 0 N–H and O–H groups in total. The molecule has 138 valence electrons. The van der Waals surface area contributed by atoms with Crippen molar-refractivity contribution in [3.63, 3.8) is 0 Å². The van der Waals surface area contributed by atoms with Crippen molar-refractivity contribution in [2.75, 3.05) is 6.86 Å². The van der Waals surface area contributed by atoms with Gasteiger partial charge in [0.1, 0.15) is 11.9 Å². The predicted octanol–water partition coefficient (Wildman–Crippen LogP) is 7.06. The third kappa shape index (κ3) is 5.83. The van der Waals surface area contributed by atoms with Gasteiger partial charge >= 0.3 is 0 Å². The molecule has 3 aromatic carbocycles. The van der Waals surface area contributed by atoms with Crippen molar-refractivity contribution in [2.45, 2.75) is 33.4 Å². The van der Waals surface area contributed by atoms with Crippen LogP contribution in [0.1, 0.15) is 38.1 Å². The maximum absolute atomic E-state index is 12.8. The lowest BCUT2D eigenvalue weighted by Gasteiger charge is -2.06. The predicted molar refractivity (Wildman–Crippen MR) is 105 cm³/mol. The first-order valence-corrected chi connectivity index (χ1v) is 8.90. The van der Waals surface area contributed by atoms with Gasteiger partial charge in [-0.05, 0) is 41.8 Å². The fourth-order valence-electron chi connectivity index (χ4n) is 2.77. The fourth-order valence-corrected chi connectivity index (χ4v) is 2.77. The van der Waals surface area contributed by atoms with Crippen LogP contribution in [-0.2, 0) is 6.42 Å². The molecule has 1 atom stereocenters. The molecule has 0 aliphatic heterocycles. The van der Waals surface area contributed by atoms with Gasteiger partial charge in [-0.2, -0.15) is 0 Å². The van der Waals surface area contributed by atoms with E-state index in [1.807, 2.05) is 60.7 Å². The number of ether oxygens (including phenoxy) is 1. The first-order valence-electron chi connectivity index (χ1n) is 8.90. The molecule has 26 heavy (non-hydrogen) atoms. The lowest BCUT2D eigenvalue weighted by molar-refractivity contribution is 0.194. The Kier molecular flexibility index (Phi) is 7.58. The molecule has 0 amide bonds. The molecule has 1 unspecified atom stereocenters. The second-order valence-corrected chi connectivity index (χ2v) is 6.69. The lowest BCUT2D eigenvalue weighted by Crippen LogP contribution is -1.94. The maximum Gasteiger partial charge on any atom is 0.228 e. The van der Waals surface area contributed by atoms with Gasteiger partial charge < -0.3 is 4.74 Å². The van der Waals surface area contributed by atoms with Crippen LogP contribution >= 0.6 is 0 Å². The summed E-state index contributed by atoms with van der Waals surface area (Å²) >= 11 is 0. The highest BCUT2D eigenvalue weighted by molar-refractivity contribution is 5.88. The van der Waals surface area contributed by atoms with Crippen LogP contribution in [0, 0.1) is 5.92 Å². The van der Waals surface area contributed by atoms with E-state index in [9.17, 15) is 8.78 Å². The summed E-state index contributed by atoms with van der Waals surface area (Å²) in [6, 6.07) is 21.1. The van der Waals surface area contributed by atoms with Crippen LogP contribution in [0.5, 0.6) is 5.75 Å². The zero-order chi connectivity index (χ0) is 18.9. The summed E-state index contributed by atoms with van der Waals surface area (Å²) in [4.78, 5) is 0. The molecular formula is C23H26F2O. The number of benzene rings is 3. The first-order chi connectivity index (χ1) is 12.5. The Hall–Kier alpha value is -2.42. The van der Waals surface area contributed by atoms with Crippen LogP contribution in [0.25, 0.3) is 10.8 Å². The topological polar surface area (TPSA) is 9.23 Å². The fraction of sp³-hybridized carbons (Fsp3) is 0.304. The molecule has 0 fully saturated rings. The van der Waals surface area contributed by atoms with E-state index in [4.69, 9.17) is 4.74 Å². The Bertz CT molecular complexity index is 789. The summed E-state index contributed by atoms with van der Waals surface area (Å²) < 4.78 is 29.7. The van der Waals surface area contributed by atoms with E-state index in [1.54, 1.807) is 13.0 Å². The van der Waals surface area contributed by atoms with Gasteiger partial charge in [-0.3, -0.25) is 0 Å². The number of rotatable bonds is 5. The van der Waals surface area contributed by atoms with E-state index in [0.717, 1.165) is 22.8 Å². The quantitative estimate of drug-likeness (QED) is 0.475. The number of halogens is 2. The van der Waals surface area contributed by atoms with Crippen molar-refractivity contribution in [2.24, 2.45) is 5.92 Å². The van der Waals surface area contributed by atoms with Crippen LogP contribution in [-0.4, -0.2) is 6.86 Å². The van der Waals surface area contributed by atoms with E-state index >= 15 is 0 Å². The van der Waals surface area contributed by atoms with Crippen LogP contribution < -0.4 is 4.74 Å². The molecule has 0 aliphatic rings. The molecule has 0 heterocycles. The average Bonchev–Trinajstić information content (AvgIpc) is 2.63. The molecule has 0 saturated carbocycles. The standard InChI is InChI=1S/C12H17F.C11H9FO/c1-9(2)8-11-4-6-12(7-5-11)10(3)13;12-8-13-11-7-3-5-9-4-1-2-6-10(9)11/h4-7,9-10H,8H2,1-3H3;1-7H,8H2. The van der Waals surface area contributed by atoms with E-state index in [0.29, 0.717) is 11.7 Å². The Morgan fingerprint density at radius 2 is 1.50 bits per heavy atom. The van der Waals surface area contributed by atoms with Gasteiger partial charge in [-0.25, -0.2) is 8.78 Å². The van der Waals surface area contributed by atoms with Crippen molar-refractivity contribution in [3.05, 3.63) is 77.9 Å². The van der Waals surface area contributed by atoms with Crippen molar-refractivity contribution in [1.82, 2.24) is 0 Å². The zero-order valence-corrected chi connectivity index (χ0v) is 15.6. The lowest BCUT2D eigenvalue weighted by atomic mass is 10.0. The Labute approximate surface area is 154 Å². The summed E-state index contributed by atoms with van der Waals surface area (Å²) in [5.41, 5.74) is 2.06. The minimum absolute atomic E-state index is 0.598. The summed E-state index contributed by atoms with van der Waals surface area (Å²) in [7, 11) is 0. The Balaban J connectivity index is 0.000000187. The summed E-state index contributed by atoms with van der Waals surface area (Å²) in [6.07, 6.45) is 0.217. The third-order valence-electron chi connectivity index (χ3n) is 4.04. The highest BCUT2D eigenvalue weighted by Crippen LogP contribution is 2.24. The molecule has 3 aromatic rings. The summed E-state index contributed by atoms with van der Waals surface area (Å²) in [6.45, 7) is 5.16. The van der Waals surface area contributed by atoms with Crippen LogP contribution in [0.3, 0.4) is 0 Å². The highest BCUT2D eigenvalue weighted by Gasteiger charge is 2.02. The van der Waals surface area contributed by atoms with Crippen LogP contribution in [0.2, 0.25) is 0 Å². The van der Waals surface area contributed by atoms with Gasteiger partial charge in [0.05, 0.1) is 0 Å². The number of alkyl halides is 2. The molecule has 3 rings (SSSR count). The summed E-state index contributed by atoms with van der Waals surface area (Å²) in [5, 5.41) is 2.01. The molecule has 0 radical (unpaired) electrons. The largest absolute Gasteiger partial charge is 0.462 e. The molecular weight excluding hydrogens is 330 g/mol. The van der Waals surface area contributed by atoms with Crippen molar-refractivity contribution >= 4 is 10.8 Å². The minimum atomic E-state index is -0.854.